The monoisotopic (exact) mass is 170 g/mol. The van der Waals surface area contributed by atoms with Gasteiger partial charge in [0.05, 0.1) is 6.10 Å². The lowest BCUT2D eigenvalue weighted by molar-refractivity contribution is 0.0119. The van der Waals surface area contributed by atoms with Crippen molar-refractivity contribution in [2.45, 2.75) is 44.6 Å². The van der Waals surface area contributed by atoms with Crippen LogP contribution < -0.4 is 0 Å². The highest BCUT2D eigenvalue weighted by molar-refractivity contribution is 5.00. The second-order valence-corrected chi connectivity index (χ2v) is 4.41. The zero-order valence-corrected chi connectivity index (χ0v) is 7.50. The summed E-state index contributed by atoms with van der Waals surface area (Å²) in [6, 6.07) is 0. The van der Waals surface area contributed by atoms with E-state index in [9.17, 15) is 10.2 Å². The highest BCUT2D eigenvalue weighted by atomic mass is 16.3. The van der Waals surface area contributed by atoms with E-state index in [-0.39, 0.29) is 18.1 Å². The molecule has 0 aromatic carbocycles. The first-order chi connectivity index (χ1) is 5.79. The van der Waals surface area contributed by atoms with Crippen molar-refractivity contribution in [1.82, 2.24) is 0 Å². The third-order valence-electron chi connectivity index (χ3n) is 4.02. The Bertz CT molecular complexity index is 161. The minimum absolute atomic E-state index is 0.120. The Morgan fingerprint density at radius 1 is 1.17 bits per heavy atom. The highest BCUT2D eigenvalue weighted by Gasteiger charge is 2.50. The van der Waals surface area contributed by atoms with Crippen LogP contribution in [-0.2, 0) is 0 Å². The molecule has 2 N–H and O–H groups in total. The molecule has 0 heterocycles. The Morgan fingerprint density at radius 3 is 2.42 bits per heavy atom. The van der Waals surface area contributed by atoms with Gasteiger partial charge in [-0.3, -0.25) is 0 Å². The van der Waals surface area contributed by atoms with Crippen LogP contribution in [0.2, 0.25) is 0 Å². The zero-order chi connectivity index (χ0) is 8.60. The van der Waals surface area contributed by atoms with Crippen LogP contribution in [0.25, 0.3) is 0 Å². The zero-order valence-electron chi connectivity index (χ0n) is 7.50. The van der Waals surface area contributed by atoms with Crippen molar-refractivity contribution in [3.63, 3.8) is 0 Å². The molecule has 0 saturated heterocycles. The molecule has 2 fully saturated rings. The van der Waals surface area contributed by atoms with Crippen LogP contribution in [0, 0.1) is 11.3 Å². The van der Waals surface area contributed by atoms with Gasteiger partial charge in [-0.15, -0.1) is 0 Å². The van der Waals surface area contributed by atoms with E-state index in [2.05, 4.69) is 0 Å². The Hall–Kier alpha value is -0.0800. The van der Waals surface area contributed by atoms with Crippen molar-refractivity contribution in [3.05, 3.63) is 0 Å². The molecule has 1 spiro atoms. The van der Waals surface area contributed by atoms with Crippen molar-refractivity contribution in [2.75, 3.05) is 6.61 Å². The van der Waals surface area contributed by atoms with Crippen LogP contribution in [0.1, 0.15) is 38.5 Å². The summed E-state index contributed by atoms with van der Waals surface area (Å²) < 4.78 is 0. The number of aliphatic hydroxyl groups excluding tert-OH is 2. The smallest absolute Gasteiger partial charge is 0.0600 e. The van der Waals surface area contributed by atoms with Gasteiger partial charge in [-0.1, -0.05) is 12.8 Å². The molecule has 2 aliphatic carbocycles. The van der Waals surface area contributed by atoms with E-state index >= 15 is 0 Å². The van der Waals surface area contributed by atoms with Gasteiger partial charge in [0.25, 0.3) is 0 Å². The van der Waals surface area contributed by atoms with Gasteiger partial charge in [0.15, 0.2) is 0 Å². The van der Waals surface area contributed by atoms with Crippen molar-refractivity contribution in [1.29, 1.82) is 0 Å². The second-order valence-electron chi connectivity index (χ2n) is 4.41. The largest absolute Gasteiger partial charge is 0.396 e. The molecule has 2 aliphatic rings. The predicted molar refractivity (Wildman–Crippen MR) is 46.7 cm³/mol. The molecular weight excluding hydrogens is 152 g/mol. The molecule has 2 atom stereocenters. The molecule has 2 rings (SSSR count). The van der Waals surface area contributed by atoms with Crippen LogP contribution >= 0.6 is 0 Å². The summed E-state index contributed by atoms with van der Waals surface area (Å²) in [6.07, 6.45) is 6.57. The maximum absolute atomic E-state index is 9.87. The third-order valence-corrected chi connectivity index (χ3v) is 4.02. The average Bonchev–Trinajstić information content (AvgIpc) is 2.65. The SMILES string of the molecule is OCC1CCC(O)C12CCCC2. The Balaban J connectivity index is 2.17. The van der Waals surface area contributed by atoms with Gasteiger partial charge >= 0.3 is 0 Å². The fraction of sp³-hybridized carbons (Fsp3) is 1.00. The lowest BCUT2D eigenvalue weighted by Crippen LogP contribution is -2.34. The third kappa shape index (κ3) is 1.01. The van der Waals surface area contributed by atoms with Gasteiger partial charge in [-0.05, 0) is 31.6 Å². The molecular formula is C10H18O2. The Labute approximate surface area is 73.6 Å². The van der Waals surface area contributed by atoms with Crippen molar-refractivity contribution in [3.8, 4) is 0 Å². The molecule has 0 aromatic heterocycles. The molecule has 2 saturated carbocycles. The van der Waals surface area contributed by atoms with Gasteiger partial charge in [0.2, 0.25) is 0 Å². The molecule has 0 bridgehead atoms. The van der Waals surface area contributed by atoms with E-state index in [1.54, 1.807) is 0 Å². The molecule has 12 heavy (non-hydrogen) atoms. The first kappa shape index (κ1) is 8.52. The van der Waals surface area contributed by atoms with Gasteiger partial charge in [0, 0.05) is 12.0 Å². The average molecular weight is 170 g/mol. The summed E-state index contributed by atoms with van der Waals surface area (Å²) >= 11 is 0. The Morgan fingerprint density at radius 2 is 1.83 bits per heavy atom. The fourth-order valence-electron chi connectivity index (χ4n) is 3.25. The first-order valence-electron chi connectivity index (χ1n) is 5.08. The second kappa shape index (κ2) is 3.00. The molecule has 0 radical (unpaired) electrons. The van der Waals surface area contributed by atoms with Crippen LogP contribution in [0.4, 0.5) is 0 Å². The molecule has 70 valence electrons. The van der Waals surface area contributed by atoms with Crippen LogP contribution in [0.3, 0.4) is 0 Å². The van der Waals surface area contributed by atoms with Crippen molar-refractivity contribution < 1.29 is 10.2 Å². The van der Waals surface area contributed by atoms with Crippen molar-refractivity contribution in [2.24, 2.45) is 11.3 Å². The molecule has 2 heteroatoms. The number of aliphatic hydroxyl groups is 2. The number of hydrogen-bond acceptors (Lipinski definition) is 2. The van der Waals surface area contributed by atoms with E-state index in [0.717, 1.165) is 25.7 Å². The highest BCUT2D eigenvalue weighted by Crippen LogP contribution is 2.53. The number of hydrogen-bond donors (Lipinski definition) is 2. The maximum atomic E-state index is 9.87. The lowest BCUT2D eigenvalue weighted by Gasteiger charge is -2.33. The van der Waals surface area contributed by atoms with E-state index in [1.165, 1.54) is 12.8 Å². The van der Waals surface area contributed by atoms with E-state index in [0.29, 0.717) is 5.92 Å². The van der Waals surface area contributed by atoms with Crippen LogP contribution in [0.15, 0.2) is 0 Å². The normalized spacial score (nSPS) is 39.5. The van der Waals surface area contributed by atoms with Gasteiger partial charge in [-0.25, -0.2) is 0 Å². The molecule has 2 nitrogen and oxygen atoms in total. The summed E-state index contributed by atoms with van der Waals surface area (Å²) in [5.74, 6) is 0.384. The summed E-state index contributed by atoms with van der Waals surface area (Å²) in [5, 5.41) is 19.1. The van der Waals surface area contributed by atoms with E-state index in [4.69, 9.17) is 0 Å². The van der Waals surface area contributed by atoms with Gasteiger partial charge in [0.1, 0.15) is 0 Å². The predicted octanol–water partition coefficient (Wildman–Crippen LogP) is 1.31. The van der Waals surface area contributed by atoms with Crippen LogP contribution in [0.5, 0.6) is 0 Å². The lowest BCUT2D eigenvalue weighted by atomic mass is 9.75. The molecule has 0 aliphatic heterocycles. The van der Waals surface area contributed by atoms with Crippen molar-refractivity contribution >= 4 is 0 Å². The maximum Gasteiger partial charge on any atom is 0.0600 e. The Kier molecular flexibility index (Phi) is 2.13. The topological polar surface area (TPSA) is 40.5 Å². The summed E-state index contributed by atoms with van der Waals surface area (Å²) in [4.78, 5) is 0. The minimum atomic E-state index is -0.128. The number of rotatable bonds is 1. The molecule has 0 aromatic rings. The quantitative estimate of drug-likeness (QED) is 0.623. The van der Waals surface area contributed by atoms with E-state index in [1.807, 2.05) is 0 Å². The standard InChI is InChI=1S/C10H18O2/c11-7-8-3-4-9(12)10(8)5-1-2-6-10/h8-9,11-12H,1-7H2. The summed E-state index contributed by atoms with van der Waals surface area (Å²) in [7, 11) is 0. The first-order valence-corrected chi connectivity index (χ1v) is 5.08. The van der Waals surface area contributed by atoms with Gasteiger partial charge < -0.3 is 10.2 Å². The van der Waals surface area contributed by atoms with Gasteiger partial charge in [-0.2, -0.15) is 0 Å². The summed E-state index contributed by atoms with van der Waals surface area (Å²) in [5.41, 5.74) is 0.120. The fourth-order valence-corrected chi connectivity index (χ4v) is 3.25. The molecule has 0 amide bonds. The summed E-state index contributed by atoms with van der Waals surface area (Å²) in [6.45, 7) is 0.275. The van der Waals surface area contributed by atoms with E-state index < -0.39 is 0 Å². The van der Waals surface area contributed by atoms with Crippen LogP contribution in [-0.4, -0.2) is 22.9 Å². The minimum Gasteiger partial charge on any atom is -0.396 e. The molecule has 2 unspecified atom stereocenters.